The molecular formula is C24H19NO5. The van der Waals surface area contributed by atoms with E-state index in [1.54, 1.807) is 41.0 Å². The van der Waals surface area contributed by atoms with Crippen LogP contribution in [0.1, 0.15) is 31.8 Å². The number of benzene rings is 3. The van der Waals surface area contributed by atoms with Crippen LogP contribution in [0, 0.1) is 0 Å². The zero-order valence-corrected chi connectivity index (χ0v) is 16.0. The number of phenolic OH excluding ortho intramolecular Hbond substituents is 1. The minimum absolute atomic E-state index is 0.136. The van der Waals surface area contributed by atoms with Crippen molar-refractivity contribution in [1.82, 2.24) is 4.57 Å². The lowest BCUT2D eigenvalue weighted by molar-refractivity contribution is 0.0372. The molecule has 6 heteroatoms. The Balaban J connectivity index is 1.56. The van der Waals surface area contributed by atoms with Gasteiger partial charge in [-0.15, -0.1) is 0 Å². The van der Waals surface area contributed by atoms with Gasteiger partial charge in [0.05, 0.1) is 11.1 Å². The lowest BCUT2D eigenvalue weighted by atomic mass is 9.98. The first-order chi connectivity index (χ1) is 14.5. The van der Waals surface area contributed by atoms with Gasteiger partial charge in [0.2, 0.25) is 0 Å². The summed E-state index contributed by atoms with van der Waals surface area (Å²) < 4.78 is 7.08. The Morgan fingerprint density at radius 3 is 2.27 bits per heavy atom. The van der Waals surface area contributed by atoms with E-state index in [1.165, 1.54) is 12.1 Å². The number of ether oxygens (including phenoxy) is 1. The van der Waals surface area contributed by atoms with E-state index in [9.17, 15) is 14.7 Å². The molecule has 0 fully saturated rings. The van der Waals surface area contributed by atoms with Crippen molar-refractivity contribution in [3.63, 3.8) is 0 Å². The summed E-state index contributed by atoms with van der Waals surface area (Å²) in [6.45, 7) is 0.136. The maximum atomic E-state index is 12.4. The third-order valence-electron chi connectivity index (χ3n) is 4.88. The fraction of sp³-hybridized carbons (Fsp3) is 0.0833. The Bertz CT molecular complexity index is 1210. The number of fused-ring (bicyclic) bond motifs is 1. The molecule has 0 saturated carbocycles. The van der Waals surface area contributed by atoms with Gasteiger partial charge in [0, 0.05) is 18.8 Å². The van der Waals surface area contributed by atoms with Crippen molar-refractivity contribution < 1.29 is 24.5 Å². The molecule has 0 aliphatic carbocycles. The van der Waals surface area contributed by atoms with Crippen molar-refractivity contribution in [1.29, 1.82) is 0 Å². The van der Waals surface area contributed by atoms with Crippen LogP contribution in [-0.2, 0) is 17.9 Å². The Morgan fingerprint density at radius 2 is 1.57 bits per heavy atom. The van der Waals surface area contributed by atoms with Crippen LogP contribution >= 0.6 is 0 Å². The van der Waals surface area contributed by atoms with Crippen molar-refractivity contribution in [3.8, 4) is 5.75 Å². The summed E-state index contributed by atoms with van der Waals surface area (Å²) in [6.07, 6.45) is 4.06. The van der Waals surface area contributed by atoms with Crippen LogP contribution in [0.3, 0.4) is 0 Å². The number of aromatic carboxylic acids is 1. The number of rotatable bonds is 6. The van der Waals surface area contributed by atoms with E-state index in [4.69, 9.17) is 9.84 Å². The van der Waals surface area contributed by atoms with Crippen LogP contribution in [0.4, 0.5) is 0 Å². The smallest absolute Gasteiger partial charge is 0.339 e. The van der Waals surface area contributed by atoms with Gasteiger partial charge in [0.1, 0.15) is 5.75 Å². The standard InChI is InChI=1S/C24H19NO5/c26-22-14-18-7-8-19(24(29)30-15-25-9-1-2-10-25)12-20(18)13-21(22)11-16-3-5-17(6-4-16)23(27)28/h1-10,12-14,26H,11,15H2,(H,27,28). The Hall–Kier alpha value is -4.06. The Kier molecular flexibility index (Phi) is 5.22. The van der Waals surface area contributed by atoms with Crippen molar-refractivity contribution >= 4 is 22.7 Å². The van der Waals surface area contributed by atoms with Crippen molar-refractivity contribution in [2.45, 2.75) is 13.2 Å². The number of carboxylic acid groups (broad SMARTS) is 1. The lowest BCUT2D eigenvalue weighted by Gasteiger charge is -2.10. The van der Waals surface area contributed by atoms with E-state index in [1.807, 2.05) is 30.6 Å². The van der Waals surface area contributed by atoms with Crippen molar-refractivity contribution in [2.24, 2.45) is 0 Å². The lowest BCUT2D eigenvalue weighted by Crippen LogP contribution is -2.08. The first-order valence-corrected chi connectivity index (χ1v) is 9.35. The Labute approximate surface area is 172 Å². The summed E-state index contributed by atoms with van der Waals surface area (Å²) in [6, 6.07) is 18.9. The molecule has 1 heterocycles. The highest BCUT2D eigenvalue weighted by Gasteiger charge is 2.11. The van der Waals surface area contributed by atoms with Crippen molar-refractivity contribution in [3.05, 3.63) is 101 Å². The van der Waals surface area contributed by atoms with E-state index < -0.39 is 11.9 Å². The molecule has 0 amide bonds. The van der Waals surface area contributed by atoms with E-state index in [-0.39, 0.29) is 18.0 Å². The number of carbonyl (C=O) groups excluding carboxylic acids is 1. The summed E-state index contributed by atoms with van der Waals surface area (Å²) in [4.78, 5) is 23.4. The van der Waals surface area contributed by atoms with Gasteiger partial charge in [-0.05, 0) is 70.4 Å². The minimum atomic E-state index is -0.980. The summed E-state index contributed by atoms with van der Waals surface area (Å²) in [5, 5.41) is 21.0. The molecule has 30 heavy (non-hydrogen) atoms. The molecule has 2 N–H and O–H groups in total. The molecule has 0 spiro atoms. The van der Waals surface area contributed by atoms with Crippen LogP contribution in [0.2, 0.25) is 0 Å². The predicted molar refractivity (Wildman–Crippen MR) is 112 cm³/mol. The topological polar surface area (TPSA) is 88.8 Å². The maximum absolute atomic E-state index is 12.4. The molecule has 0 bridgehead atoms. The third kappa shape index (κ3) is 4.17. The zero-order valence-electron chi connectivity index (χ0n) is 16.0. The first kappa shape index (κ1) is 19.3. The normalized spacial score (nSPS) is 10.8. The van der Waals surface area contributed by atoms with Gasteiger partial charge in [-0.2, -0.15) is 0 Å². The molecule has 0 saturated heterocycles. The van der Waals surface area contributed by atoms with E-state index >= 15 is 0 Å². The van der Waals surface area contributed by atoms with Crippen LogP contribution in [-0.4, -0.2) is 26.7 Å². The fourth-order valence-corrected chi connectivity index (χ4v) is 3.26. The van der Waals surface area contributed by atoms with Crippen LogP contribution in [0.15, 0.2) is 79.1 Å². The highest BCUT2D eigenvalue weighted by molar-refractivity contribution is 5.96. The van der Waals surface area contributed by atoms with Gasteiger partial charge in [-0.1, -0.05) is 18.2 Å². The summed E-state index contributed by atoms with van der Waals surface area (Å²) in [7, 11) is 0. The molecule has 0 unspecified atom stereocenters. The second-order valence-electron chi connectivity index (χ2n) is 6.98. The molecule has 150 valence electrons. The number of hydrogen-bond donors (Lipinski definition) is 2. The number of phenols is 1. The average molecular weight is 401 g/mol. The molecule has 0 aliphatic heterocycles. The summed E-state index contributed by atoms with van der Waals surface area (Å²) in [5.41, 5.74) is 2.20. The number of nitrogens with zero attached hydrogens (tertiary/aromatic N) is 1. The Morgan fingerprint density at radius 1 is 0.867 bits per heavy atom. The van der Waals surface area contributed by atoms with Crippen LogP contribution in [0.5, 0.6) is 5.75 Å². The maximum Gasteiger partial charge on any atom is 0.339 e. The molecule has 4 rings (SSSR count). The summed E-state index contributed by atoms with van der Waals surface area (Å²) in [5.74, 6) is -1.26. The SMILES string of the molecule is O=C(O)c1ccc(Cc2cc3cc(C(=O)OCn4cccc4)ccc3cc2O)cc1. The number of carbonyl (C=O) groups is 2. The molecule has 0 aliphatic rings. The van der Waals surface area contributed by atoms with E-state index in [0.29, 0.717) is 17.5 Å². The first-order valence-electron chi connectivity index (χ1n) is 9.35. The number of aromatic nitrogens is 1. The second-order valence-corrected chi connectivity index (χ2v) is 6.98. The van der Waals surface area contributed by atoms with Gasteiger partial charge in [0.25, 0.3) is 0 Å². The zero-order chi connectivity index (χ0) is 21.1. The number of hydrogen-bond acceptors (Lipinski definition) is 4. The van der Waals surface area contributed by atoms with Gasteiger partial charge in [-0.25, -0.2) is 9.59 Å². The largest absolute Gasteiger partial charge is 0.508 e. The van der Waals surface area contributed by atoms with Crippen molar-refractivity contribution in [2.75, 3.05) is 0 Å². The van der Waals surface area contributed by atoms with Crippen LogP contribution in [0.25, 0.3) is 10.8 Å². The molecule has 0 radical (unpaired) electrons. The number of esters is 1. The minimum Gasteiger partial charge on any atom is -0.508 e. The molecule has 0 atom stereocenters. The number of carboxylic acids is 1. The monoisotopic (exact) mass is 401 g/mol. The highest BCUT2D eigenvalue weighted by atomic mass is 16.5. The molecular weight excluding hydrogens is 382 g/mol. The van der Waals surface area contributed by atoms with Gasteiger partial charge >= 0.3 is 11.9 Å². The van der Waals surface area contributed by atoms with E-state index in [2.05, 4.69) is 0 Å². The molecule has 3 aromatic carbocycles. The third-order valence-corrected chi connectivity index (χ3v) is 4.88. The molecule has 1 aromatic heterocycles. The van der Waals surface area contributed by atoms with E-state index in [0.717, 1.165) is 16.3 Å². The second kappa shape index (κ2) is 8.13. The predicted octanol–water partition coefficient (Wildman–Crippen LogP) is 4.45. The quantitative estimate of drug-likeness (QED) is 0.466. The molecule has 6 nitrogen and oxygen atoms in total. The number of aromatic hydroxyl groups is 1. The fourth-order valence-electron chi connectivity index (χ4n) is 3.26. The highest BCUT2D eigenvalue weighted by Crippen LogP contribution is 2.28. The van der Waals surface area contributed by atoms with Gasteiger partial charge < -0.3 is 19.5 Å². The van der Waals surface area contributed by atoms with Crippen LogP contribution < -0.4 is 0 Å². The summed E-state index contributed by atoms with van der Waals surface area (Å²) >= 11 is 0. The molecule has 4 aromatic rings. The van der Waals surface area contributed by atoms with Gasteiger partial charge in [0.15, 0.2) is 6.73 Å². The van der Waals surface area contributed by atoms with Gasteiger partial charge in [-0.3, -0.25) is 0 Å². The average Bonchev–Trinajstić information content (AvgIpc) is 3.26.